The predicted molar refractivity (Wildman–Crippen MR) is 111 cm³/mol. The number of benzene rings is 2. The molecule has 10 heteroatoms. The van der Waals surface area contributed by atoms with Gasteiger partial charge in [0.15, 0.2) is 0 Å². The van der Waals surface area contributed by atoms with Gasteiger partial charge in [-0.2, -0.15) is 0 Å². The van der Waals surface area contributed by atoms with E-state index < -0.39 is 10.8 Å². The molecule has 0 unspecified atom stereocenters. The average molecular weight is 421 g/mol. The number of carbonyl (C=O) groups is 1. The number of carbonyl (C=O) groups excluding carboxylic acids is 1. The van der Waals surface area contributed by atoms with Crippen LogP contribution in [0.4, 0.5) is 22.7 Å². The summed E-state index contributed by atoms with van der Waals surface area (Å²) in [7, 11) is 1.41. The molecular formula is C19H21ClN4O5. The smallest absolute Gasteiger partial charge is 0.296 e. The van der Waals surface area contributed by atoms with Crippen molar-refractivity contribution in [2.45, 2.75) is 0 Å². The van der Waals surface area contributed by atoms with E-state index in [2.05, 4.69) is 15.5 Å². The van der Waals surface area contributed by atoms with E-state index in [1.165, 1.54) is 19.2 Å². The number of halogens is 1. The van der Waals surface area contributed by atoms with Crippen molar-refractivity contribution in [3.05, 3.63) is 51.5 Å². The van der Waals surface area contributed by atoms with Gasteiger partial charge in [0.05, 0.1) is 49.2 Å². The lowest BCUT2D eigenvalue weighted by molar-refractivity contribution is -0.384. The molecule has 154 valence electrons. The van der Waals surface area contributed by atoms with E-state index in [4.69, 9.17) is 21.1 Å². The second kappa shape index (κ2) is 9.44. The lowest BCUT2D eigenvalue weighted by atomic mass is 10.2. The average Bonchev–Trinajstić information content (AvgIpc) is 2.73. The maximum absolute atomic E-state index is 12.4. The molecule has 0 atom stereocenters. The Morgan fingerprint density at radius 3 is 2.69 bits per heavy atom. The van der Waals surface area contributed by atoms with Crippen LogP contribution in [-0.2, 0) is 9.53 Å². The minimum Gasteiger partial charge on any atom is -0.496 e. The van der Waals surface area contributed by atoms with E-state index in [1.54, 1.807) is 18.2 Å². The van der Waals surface area contributed by atoms with Gasteiger partial charge in [0.1, 0.15) is 11.4 Å². The molecular weight excluding hydrogens is 400 g/mol. The number of ether oxygens (including phenoxy) is 2. The van der Waals surface area contributed by atoms with E-state index in [-0.39, 0.29) is 17.9 Å². The standard InChI is InChI=1S/C19H21ClN4O5/c1-28-14-3-4-15(18(11-14)24(26)27)22-19(25)12-21-16-10-13(20)2-5-17(16)23-6-8-29-9-7-23/h2-5,10-11,21H,6-9,12H2,1H3,(H,22,25). The third-order valence-electron chi connectivity index (χ3n) is 4.43. The van der Waals surface area contributed by atoms with Crippen LogP contribution < -0.4 is 20.3 Å². The fourth-order valence-corrected chi connectivity index (χ4v) is 3.17. The topological polar surface area (TPSA) is 106 Å². The molecule has 0 aromatic heterocycles. The van der Waals surface area contributed by atoms with E-state index in [9.17, 15) is 14.9 Å². The van der Waals surface area contributed by atoms with Crippen molar-refractivity contribution in [2.75, 3.05) is 55.5 Å². The van der Waals surface area contributed by atoms with Crippen molar-refractivity contribution >= 4 is 40.3 Å². The van der Waals surface area contributed by atoms with Crippen molar-refractivity contribution in [1.29, 1.82) is 0 Å². The number of nitro groups is 1. The zero-order chi connectivity index (χ0) is 20.8. The van der Waals surface area contributed by atoms with Gasteiger partial charge in [0, 0.05) is 18.1 Å². The molecule has 2 aromatic rings. The Labute approximate surface area is 172 Å². The molecule has 1 amide bonds. The van der Waals surface area contributed by atoms with Gasteiger partial charge in [-0.3, -0.25) is 14.9 Å². The van der Waals surface area contributed by atoms with Crippen molar-refractivity contribution in [3.63, 3.8) is 0 Å². The van der Waals surface area contributed by atoms with Crippen LogP contribution in [0.1, 0.15) is 0 Å². The summed E-state index contributed by atoms with van der Waals surface area (Å²) in [6.45, 7) is 2.65. The summed E-state index contributed by atoms with van der Waals surface area (Å²) < 4.78 is 10.4. The third-order valence-corrected chi connectivity index (χ3v) is 4.66. The van der Waals surface area contributed by atoms with E-state index in [1.807, 2.05) is 6.07 Å². The van der Waals surface area contributed by atoms with Crippen LogP contribution in [0.15, 0.2) is 36.4 Å². The highest BCUT2D eigenvalue weighted by Gasteiger charge is 2.19. The van der Waals surface area contributed by atoms with Gasteiger partial charge in [-0.05, 0) is 30.3 Å². The van der Waals surface area contributed by atoms with E-state index >= 15 is 0 Å². The van der Waals surface area contributed by atoms with Crippen molar-refractivity contribution in [1.82, 2.24) is 0 Å². The largest absolute Gasteiger partial charge is 0.496 e. The molecule has 1 saturated heterocycles. The molecule has 3 rings (SSSR count). The number of nitrogens with one attached hydrogen (secondary N) is 2. The maximum atomic E-state index is 12.4. The zero-order valence-electron chi connectivity index (χ0n) is 15.8. The summed E-state index contributed by atoms with van der Waals surface area (Å²) in [6, 6.07) is 9.67. The van der Waals surface area contributed by atoms with Gasteiger partial charge >= 0.3 is 0 Å². The van der Waals surface area contributed by atoms with Crippen molar-refractivity contribution in [2.24, 2.45) is 0 Å². The van der Waals surface area contributed by atoms with Crippen LogP contribution in [0, 0.1) is 10.1 Å². The van der Waals surface area contributed by atoms with Crippen molar-refractivity contribution in [3.8, 4) is 5.75 Å². The Kier molecular flexibility index (Phi) is 6.73. The molecule has 0 saturated carbocycles. The van der Waals surface area contributed by atoms with Gasteiger partial charge in [-0.25, -0.2) is 0 Å². The number of hydrogen-bond donors (Lipinski definition) is 2. The minimum atomic E-state index is -0.570. The molecule has 0 radical (unpaired) electrons. The number of methoxy groups -OCH3 is 1. The van der Waals surface area contributed by atoms with E-state index in [0.29, 0.717) is 29.7 Å². The highest BCUT2D eigenvalue weighted by atomic mass is 35.5. The first-order valence-corrected chi connectivity index (χ1v) is 9.34. The minimum absolute atomic E-state index is 0.0825. The molecule has 9 nitrogen and oxygen atoms in total. The fraction of sp³-hybridized carbons (Fsp3) is 0.316. The van der Waals surface area contributed by atoms with Gasteiger partial charge in [-0.15, -0.1) is 0 Å². The summed E-state index contributed by atoms with van der Waals surface area (Å²) >= 11 is 6.11. The van der Waals surface area contributed by atoms with Gasteiger partial charge in [0.2, 0.25) is 5.91 Å². The Balaban J connectivity index is 1.70. The summed E-state index contributed by atoms with van der Waals surface area (Å²) in [5.74, 6) is -0.0897. The number of nitro benzene ring substituents is 1. The summed E-state index contributed by atoms with van der Waals surface area (Å²) in [4.78, 5) is 25.2. The molecule has 1 heterocycles. The number of anilines is 3. The maximum Gasteiger partial charge on any atom is 0.296 e. The molecule has 0 bridgehead atoms. The number of amides is 1. The highest BCUT2D eigenvalue weighted by molar-refractivity contribution is 6.31. The highest BCUT2D eigenvalue weighted by Crippen LogP contribution is 2.31. The Morgan fingerprint density at radius 1 is 1.24 bits per heavy atom. The first kappa shape index (κ1) is 20.7. The first-order chi connectivity index (χ1) is 14.0. The van der Waals surface area contributed by atoms with Crippen LogP contribution in [0.25, 0.3) is 0 Å². The molecule has 29 heavy (non-hydrogen) atoms. The second-order valence-electron chi connectivity index (χ2n) is 6.30. The van der Waals surface area contributed by atoms with Crippen LogP contribution in [0.2, 0.25) is 5.02 Å². The molecule has 2 aromatic carbocycles. The molecule has 2 N–H and O–H groups in total. The molecule has 0 aliphatic carbocycles. The molecule has 1 fully saturated rings. The number of morpholine rings is 1. The van der Waals surface area contributed by atoms with Gasteiger partial charge < -0.3 is 25.0 Å². The van der Waals surface area contributed by atoms with Crippen LogP contribution in [0.3, 0.4) is 0 Å². The normalized spacial score (nSPS) is 13.7. The van der Waals surface area contributed by atoms with Crippen LogP contribution in [-0.4, -0.2) is 50.8 Å². The molecule has 1 aliphatic heterocycles. The Morgan fingerprint density at radius 2 is 2.00 bits per heavy atom. The quantitative estimate of drug-likeness (QED) is 0.523. The van der Waals surface area contributed by atoms with E-state index in [0.717, 1.165) is 18.8 Å². The van der Waals surface area contributed by atoms with Crippen LogP contribution in [0.5, 0.6) is 5.75 Å². The zero-order valence-corrected chi connectivity index (χ0v) is 16.6. The summed E-state index contributed by atoms with van der Waals surface area (Å²) in [5.41, 5.74) is 1.48. The van der Waals surface area contributed by atoms with Gasteiger partial charge in [0.25, 0.3) is 5.69 Å². The predicted octanol–water partition coefficient (Wildman–Crippen LogP) is 3.14. The first-order valence-electron chi connectivity index (χ1n) is 8.96. The number of rotatable bonds is 7. The monoisotopic (exact) mass is 420 g/mol. The lowest BCUT2D eigenvalue weighted by Gasteiger charge is -2.30. The lowest BCUT2D eigenvalue weighted by Crippen LogP contribution is -2.36. The molecule has 0 spiro atoms. The molecule has 1 aliphatic rings. The second-order valence-corrected chi connectivity index (χ2v) is 6.74. The summed E-state index contributed by atoms with van der Waals surface area (Å²) in [5, 5.41) is 17.4. The van der Waals surface area contributed by atoms with Crippen molar-refractivity contribution < 1.29 is 19.2 Å². The number of nitrogens with zero attached hydrogens (tertiary/aromatic N) is 2. The van der Waals surface area contributed by atoms with Crippen LogP contribution >= 0.6 is 11.6 Å². The SMILES string of the molecule is COc1ccc(NC(=O)CNc2cc(Cl)ccc2N2CCOCC2)c([N+](=O)[O-])c1. The third kappa shape index (κ3) is 5.27. The summed E-state index contributed by atoms with van der Waals surface area (Å²) in [6.07, 6.45) is 0. The number of hydrogen-bond acceptors (Lipinski definition) is 7. The fourth-order valence-electron chi connectivity index (χ4n) is 2.99. The Hall–Kier alpha value is -3.04. The Bertz CT molecular complexity index is 902. The van der Waals surface area contributed by atoms with Gasteiger partial charge in [-0.1, -0.05) is 11.6 Å².